The van der Waals surface area contributed by atoms with Gasteiger partial charge in [-0.05, 0) is 58.3 Å². The number of carbonyl (C=O) groups is 1. The van der Waals surface area contributed by atoms with Crippen LogP contribution < -0.4 is 5.32 Å². The van der Waals surface area contributed by atoms with E-state index in [1.165, 1.54) is 11.8 Å². The van der Waals surface area contributed by atoms with Crippen LogP contribution in [0, 0.1) is 13.8 Å². The molecule has 0 saturated heterocycles. The van der Waals surface area contributed by atoms with Crippen molar-refractivity contribution in [2.75, 3.05) is 11.1 Å². The molecule has 1 heterocycles. The first-order valence-electron chi connectivity index (χ1n) is 8.88. The van der Waals surface area contributed by atoms with Gasteiger partial charge in [0.25, 0.3) is 0 Å². The number of aryl methyl sites for hydroxylation is 2. The van der Waals surface area contributed by atoms with Crippen molar-refractivity contribution in [3.8, 4) is 5.69 Å². The minimum atomic E-state index is -0.101. The van der Waals surface area contributed by atoms with Gasteiger partial charge in [-0.25, -0.2) is 0 Å². The first-order chi connectivity index (χ1) is 13.6. The Morgan fingerprint density at radius 2 is 1.75 bits per heavy atom. The number of nitrogens with zero attached hydrogens (tertiary/aromatic N) is 4. The maximum Gasteiger partial charge on any atom is 0.234 e. The van der Waals surface area contributed by atoms with Crippen molar-refractivity contribution in [2.24, 2.45) is 0 Å². The molecule has 28 heavy (non-hydrogen) atoms. The van der Waals surface area contributed by atoms with Gasteiger partial charge in [-0.1, -0.05) is 60.3 Å². The van der Waals surface area contributed by atoms with Gasteiger partial charge in [0, 0.05) is 5.69 Å². The third-order valence-electron chi connectivity index (χ3n) is 4.46. The lowest BCUT2D eigenvalue weighted by molar-refractivity contribution is -0.113. The molecule has 0 spiro atoms. The van der Waals surface area contributed by atoms with E-state index < -0.39 is 0 Å². The Kier molecular flexibility index (Phi) is 5.08. The minimum absolute atomic E-state index is 0.101. The maximum atomic E-state index is 12.4. The highest BCUT2D eigenvalue weighted by molar-refractivity contribution is 7.99. The van der Waals surface area contributed by atoms with Crippen LogP contribution in [0.3, 0.4) is 0 Å². The van der Waals surface area contributed by atoms with Crippen LogP contribution in [0.5, 0.6) is 0 Å². The van der Waals surface area contributed by atoms with E-state index in [0.29, 0.717) is 5.16 Å². The molecule has 0 bridgehead atoms. The lowest BCUT2D eigenvalue weighted by atomic mass is 10.1. The zero-order valence-corrected chi connectivity index (χ0v) is 16.4. The van der Waals surface area contributed by atoms with E-state index in [4.69, 9.17) is 0 Å². The molecule has 0 atom stereocenters. The Morgan fingerprint density at radius 1 is 1.00 bits per heavy atom. The van der Waals surface area contributed by atoms with Gasteiger partial charge in [-0.15, -0.1) is 5.10 Å². The molecule has 0 saturated carbocycles. The molecule has 4 rings (SSSR count). The van der Waals surface area contributed by atoms with Crippen molar-refractivity contribution in [1.82, 2.24) is 20.2 Å². The summed E-state index contributed by atoms with van der Waals surface area (Å²) in [7, 11) is 0. The number of carbonyl (C=O) groups excluding carboxylic acids is 1. The number of anilines is 1. The molecule has 3 aromatic carbocycles. The van der Waals surface area contributed by atoms with Crippen LogP contribution in [0.2, 0.25) is 0 Å². The number of aromatic nitrogens is 4. The Hall–Kier alpha value is -3.19. The topological polar surface area (TPSA) is 72.7 Å². The molecule has 1 amide bonds. The number of benzene rings is 3. The third-order valence-corrected chi connectivity index (χ3v) is 5.38. The second-order valence-corrected chi connectivity index (χ2v) is 7.45. The van der Waals surface area contributed by atoms with Crippen molar-refractivity contribution < 1.29 is 4.79 Å². The van der Waals surface area contributed by atoms with E-state index in [2.05, 4.69) is 20.8 Å². The third kappa shape index (κ3) is 3.75. The largest absolute Gasteiger partial charge is 0.325 e. The van der Waals surface area contributed by atoms with Crippen LogP contribution in [0.25, 0.3) is 16.5 Å². The van der Waals surface area contributed by atoms with Gasteiger partial charge in [0.1, 0.15) is 0 Å². The number of fused-ring (bicyclic) bond motifs is 1. The van der Waals surface area contributed by atoms with Gasteiger partial charge in [0.15, 0.2) is 0 Å². The Labute approximate surface area is 167 Å². The summed E-state index contributed by atoms with van der Waals surface area (Å²) in [6.45, 7) is 4.04. The molecule has 4 aromatic rings. The summed E-state index contributed by atoms with van der Waals surface area (Å²) in [5.74, 6) is 0.120. The standard InChI is InChI=1S/C21H19N5OS/c1-14-6-5-7-15(2)20(14)26-21(23-24-25-26)28-13-19(27)22-18-11-10-16-8-3-4-9-17(16)12-18/h3-12H,13H2,1-2H3,(H,22,27). The summed E-state index contributed by atoms with van der Waals surface area (Å²) in [4.78, 5) is 12.4. The van der Waals surface area contributed by atoms with Crippen LogP contribution in [-0.4, -0.2) is 31.9 Å². The smallest absolute Gasteiger partial charge is 0.234 e. The maximum absolute atomic E-state index is 12.4. The Morgan fingerprint density at radius 3 is 2.54 bits per heavy atom. The zero-order chi connectivity index (χ0) is 19.5. The average Bonchev–Trinajstić information content (AvgIpc) is 3.14. The summed E-state index contributed by atoms with van der Waals surface area (Å²) in [5, 5.41) is 17.7. The molecular formula is C21H19N5OS. The van der Waals surface area contributed by atoms with Crippen molar-refractivity contribution in [3.05, 3.63) is 71.8 Å². The predicted octanol–water partition coefficient (Wildman–Crippen LogP) is 4.16. The van der Waals surface area contributed by atoms with Crippen LogP contribution in [0.4, 0.5) is 5.69 Å². The molecule has 0 aliphatic rings. The lowest BCUT2D eigenvalue weighted by Gasteiger charge is -2.10. The number of thioether (sulfide) groups is 1. The van der Waals surface area contributed by atoms with Crippen LogP contribution in [0.1, 0.15) is 11.1 Å². The zero-order valence-electron chi connectivity index (χ0n) is 15.6. The SMILES string of the molecule is Cc1cccc(C)c1-n1nnnc1SCC(=O)Nc1ccc2ccccc2c1. The average molecular weight is 389 g/mol. The molecule has 7 heteroatoms. The molecular weight excluding hydrogens is 370 g/mol. The number of rotatable bonds is 5. The van der Waals surface area contributed by atoms with E-state index >= 15 is 0 Å². The fourth-order valence-corrected chi connectivity index (χ4v) is 3.82. The summed E-state index contributed by atoms with van der Waals surface area (Å²) < 4.78 is 1.69. The van der Waals surface area contributed by atoms with Gasteiger partial charge in [0.05, 0.1) is 11.4 Å². The van der Waals surface area contributed by atoms with Crippen molar-refractivity contribution in [2.45, 2.75) is 19.0 Å². The highest BCUT2D eigenvalue weighted by Crippen LogP contribution is 2.24. The van der Waals surface area contributed by atoms with Crippen LogP contribution in [-0.2, 0) is 4.79 Å². The summed E-state index contributed by atoms with van der Waals surface area (Å²) >= 11 is 1.31. The van der Waals surface area contributed by atoms with Gasteiger partial charge in [-0.2, -0.15) is 4.68 Å². The Bertz CT molecular complexity index is 1130. The fraction of sp³-hybridized carbons (Fsp3) is 0.143. The molecule has 0 radical (unpaired) electrons. The number of para-hydroxylation sites is 1. The number of amides is 1. The first-order valence-corrected chi connectivity index (χ1v) is 9.87. The fourth-order valence-electron chi connectivity index (χ4n) is 3.14. The normalized spacial score (nSPS) is 10.9. The highest BCUT2D eigenvalue weighted by Gasteiger charge is 2.15. The molecule has 1 aromatic heterocycles. The highest BCUT2D eigenvalue weighted by atomic mass is 32.2. The van der Waals surface area contributed by atoms with E-state index in [0.717, 1.165) is 33.3 Å². The first kappa shape index (κ1) is 18.2. The van der Waals surface area contributed by atoms with E-state index in [-0.39, 0.29) is 11.7 Å². The number of nitrogens with one attached hydrogen (secondary N) is 1. The molecule has 1 N–H and O–H groups in total. The van der Waals surface area contributed by atoms with Crippen LogP contribution in [0.15, 0.2) is 65.8 Å². The van der Waals surface area contributed by atoms with Gasteiger partial charge in [-0.3, -0.25) is 4.79 Å². The van der Waals surface area contributed by atoms with E-state index in [9.17, 15) is 4.79 Å². The van der Waals surface area contributed by atoms with Crippen LogP contribution >= 0.6 is 11.8 Å². The molecule has 6 nitrogen and oxygen atoms in total. The summed E-state index contributed by atoms with van der Waals surface area (Å²) in [6.07, 6.45) is 0. The molecule has 0 aliphatic heterocycles. The van der Waals surface area contributed by atoms with Crippen molar-refractivity contribution in [3.63, 3.8) is 0 Å². The van der Waals surface area contributed by atoms with Gasteiger partial charge >= 0.3 is 0 Å². The van der Waals surface area contributed by atoms with Gasteiger partial charge in [0.2, 0.25) is 11.1 Å². The van der Waals surface area contributed by atoms with E-state index in [1.807, 2.05) is 74.5 Å². The number of tetrazole rings is 1. The monoisotopic (exact) mass is 389 g/mol. The van der Waals surface area contributed by atoms with Crippen molar-refractivity contribution >= 4 is 34.1 Å². The second kappa shape index (κ2) is 7.82. The minimum Gasteiger partial charge on any atom is -0.325 e. The molecule has 140 valence electrons. The summed E-state index contributed by atoms with van der Waals surface area (Å²) in [5.41, 5.74) is 3.88. The summed E-state index contributed by atoms with van der Waals surface area (Å²) in [6, 6.07) is 20.0. The Balaban J connectivity index is 1.46. The van der Waals surface area contributed by atoms with Crippen molar-refractivity contribution in [1.29, 1.82) is 0 Å². The quantitative estimate of drug-likeness (QED) is 0.519. The number of hydrogen-bond donors (Lipinski definition) is 1. The van der Waals surface area contributed by atoms with Gasteiger partial charge < -0.3 is 5.32 Å². The molecule has 0 unspecified atom stereocenters. The van der Waals surface area contributed by atoms with E-state index in [1.54, 1.807) is 4.68 Å². The molecule has 0 fully saturated rings. The second-order valence-electron chi connectivity index (χ2n) is 6.51. The predicted molar refractivity (Wildman–Crippen MR) is 112 cm³/mol. The lowest BCUT2D eigenvalue weighted by Crippen LogP contribution is -2.14. The number of hydrogen-bond acceptors (Lipinski definition) is 5. The molecule has 0 aliphatic carbocycles.